The van der Waals surface area contributed by atoms with Gasteiger partial charge in [-0.25, -0.2) is 9.37 Å². The van der Waals surface area contributed by atoms with E-state index in [0.717, 1.165) is 0 Å². The van der Waals surface area contributed by atoms with Gasteiger partial charge in [0.05, 0.1) is 30.9 Å². The monoisotopic (exact) mass is 332 g/mol. The molecule has 0 radical (unpaired) electrons. The number of ether oxygens (including phenoxy) is 1. The summed E-state index contributed by atoms with van der Waals surface area (Å²) in [6.45, 7) is 7.42. The second-order valence-corrected chi connectivity index (χ2v) is 6.62. The van der Waals surface area contributed by atoms with Crippen LogP contribution in [0.2, 0.25) is 0 Å². The SMILES string of the molecule is Cc1oc(-c2ccc(F)cc2)nc1CC(=O)N1CCOCC1(C)C. The first-order valence-corrected chi connectivity index (χ1v) is 7.97. The molecule has 2 aromatic rings. The van der Waals surface area contributed by atoms with Crippen molar-refractivity contribution in [3.05, 3.63) is 41.5 Å². The number of amides is 1. The fourth-order valence-corrected chi connectivity index (χ4v) is 2.87. The van der Waals surface area contributed by atoms with E-state index in [4.69, 9.17) is 9.15 Å². The standard InChI is InChI=1S/C18H21FN2O3/c1-12-15(10-16(22)21-8-9-23-11-18(21,2)3)20-17(24-12)13-4-6-14(19)7-5-13/h4-7H,8-11H2,1-3H3. The third-order valence-electron chi connectivity index (χ3n) is 4.25. The lowest BCUT2D eigenvalue weighted by molar-refractivity contribution is -0.145. The molecule has 1 amide bonds. The van der Waals surface area contributed by atoms with Crippen molar-refractivity contribution in [2.24, 2.45) is 0 Å². The third-order valence-corrected chi connectivity index (χ3v) is 4.25. The first-order chi connectivity index (χ1) is 11.4. The second kappa shape index (κ2) is 6.36. The highest BCUT2D eigenvalue weighted by Crippen LogP contribution is 2.24. The van der Waals surface area contributed by atoms with E-state index in [1.165, 1.54) is 12.1 Å². The van der Waals surface area contributed by atoms with Crippen molar-refractivity contribution in [1.29, 1.82) is 0 Å². The summed E-state index contributed by atoms with van der Waals surface area (Å²) in [5.74, 6) is 0.697. The first-order valence-electron chi connectivity index (χ1n) is 7.97. The van der Waals surface area contributed by atoms with Gasteiger partial charge in [0.25, 0.3) is 0 Å². The van der Waals surface area contributed by atoms with E-state index in [0.29, 0.717) is 42.7 Å². The Morgan fingerprint density at radius 1 is 1.33 bits per heavy atom. The van der Waals surface area contributed by atoms with Crippen molar-refractivity contribution in [2.75, 3.05) is 19.8 Å². The number of rotatable bonds is 3. The van der Waals surface area contributed by atoms with E-state index in [1.54, 1.807) is 19.1 Å². The van der Waals surface area contributed by atoms with Crippen LogP contribution in [0, 0.1) is 12.7 Å². The van der Waals surface area contributed by atoms with Gasteiger partial charge >= 0.3 is 0 Å². The van der Waals surface area contributed by atoms with Crippen LogP contribution in [0.25, 0.3) is 11.5 Å². The van der Waals surface area contributed by atoms with Gasteiger partial charge in [0.2, 0.25) is 11.8 Å². The Labute approximate surface area is 140 Å². The Kier molecular flexibility index (Phi) is 4.41. The Bertz CT molecular complexity index is 737. The summed E-state index contributed by atoms with van der Waals surface area (Å²) in [4.78, 5) is 18.9. The molecule has 0 bridgehead atoms. The summed E-state index contributed by atoms with van der Waals surface area (Å²) in [5.41, 5.74) is 0.971. The van der Waals surface area contributed by atoms with Crippen LogP contribution >= 0.6 is 0 Å². The van der Waals surface area contributed by atoms with Crippen LogP contribution in [0.5, 0.6) is 0 Å². The van der Waals surface area contributed by atoms with Gasteiger partial charge in [-0.1, -0.05) is 0 Å². The van der Waals surface area contributed by atoms with Crippen LogP contribution in [0.1, 0.15) is 25.3 Å². The van der Waals surface area contributed by atoms with E-state index in [-0.39, 0.29) is 23.7 Å². The fourth-order valence-electron chi connectivity index (χ4n) is 2.87. The topological polar surface area (TPSA) is 55.6 Å². The van der Waals surface area contributed by atoms with Crippen molar-refractivity contribution in [1.82, 2.24) is 9.88 Å². The maximum Gasteiger partial charge on any atom is 0.229 e. The summed E-state index contributed by atoms with van der Waals surface area (Å²) in [7, 11) is 0. The minimum Gasteiger partial charge on any atom is -0.441 e. The second-order valence-electron chi connectivity index (χ2n) is 6.62. The molecule has 2 heterocycles. The number of aryl methyl sites for hydroxylation is 1. The normalized spacial score (nSPS) is 17.1. The third kappa shape index (κ3) is 3.33. The van der Waals surface area contributed by atoms with Crippen molar-refractivity contribution in [3.8, 4) is 11.5 Å². The summed E-state index contributed by atoms with van der Waals surface area (Å²) < 4.78 is 24.1. The highest BCUT2D eigenvalue weighted by molar-refractivity contribution is 5.79. The van der Waals surface area contributed by atoms with Crippen molar-refractivity contribution >= 4 is 5.91 Å². The van der Waals surface area contributed by atoms with Gasteiger partial charge in [0.15, 0.2) is 0 Å². The molecule has 0 spiro atoms. The average molecular weight is 332 g/mol. The summed E-state index contributed by atoms with van der Waals surface area (Å²) in [6.07, 6.45) is 0.181. The molecule has 1 aromatic heterocycles. The molecule has 1 aliphatic rings. The smallest absolute Gasteiger partial charge is 0.229 e. The molecule has 6 heteroatoms. The largest absolute Gasteiger partial charge is 0.441 e. The number of halogens is 1. The van der Waals surface area contributed by atoms with Crippen LogP contribution in [0.3, 0.4) is 0 Å². The predicted molar refractivity (Wildman–Crippen MR) is 86.9 cm³/mol. The number of benzene rings is 1. The first kappa shape index (κ1) is 16.6. The molecule has 0 N–H and O–H groups in total. The summed E-state index contributed by atoms with van der Waals surface area (Å²) in [6, 6.07) is 5.93. The van der Waals surface area contributed by atoms with E-state index in [2.05, 4.69) is 4.98 Å². The van der Waals surface area contributed by atoms with E-state index >= 15 is 0 Å². The molecule has 128 valence electrons. The number of hydrogen-bond acceptors (Lipinski definition) is 4. The zero-order valence-electron chi connectivity index (χ0n) is 14.1. The van der Waals surface area contributed by atoms with Crippen LogP contribution in [0.15, 0.2) is 28.7 Å². The fraction of sp³-hybridized carbons (Fsp3) is 0.444. The molecule has 1 aromatic carbocycles. The number of morpholine rings is 1. The van der Waals surface area contributed by atoms with Crippen molar-refractivity contribution in [2.45, 2.75) is 32.7 Å². The van der Waals surface area contributed by atoms with Gasteiger partial charge in [-0.15, -0.1) is 0 Å². The zero-order valence-corrected chi connectivity index (χ0v) is 14.1. The number of aromatic nitrogens is 1. The van der Waals surface area contributed by atoms with Gasteiger partial charge in [0, 0.05) is 12.1 Å². The van der Waals surface area contributed by atoms with Gasteiger partial charge in [-0.2, -0.15) is 0 Å². The molecule has 3 rings (SSSR count). The molecule has 1 saturated heterocycles. The lowest BCUT2D eigenvalue weighted by Crippen LogP contribution is -2.56. The molecular formula is C18H21FN2O3. The quantitative estimate of drug-likeness (QED) is 0.867. The number of hydrogen-bond donors (Lipinski definition) is 0. The van der Waals surface area contributed by atoms with Gasteiger partial charge in [-0.3, -0.25) is 4.79 Å². The highest BCUT2D eigenvalue weighted by atomic mass is 19.1. The van der Waals surface area contributed by atoms with E-state index in [1.807, 2.05) is 18.7 Å². The Balaban J connectivity index is 1.78. The molecule has 1 fully saturated rings. The molecule has 1 aliphatic heterocycles. The lowest BCUT2D eigenvalue weighted by Gasteiger charge is -2.42. The van der Waals surface area contributed by atoms with Crippen LogP contribution in [-0.4, -0.2) is 41.1 Å². The minimum atomic E-state index is -0.327. The lowest BCUT2D eigenvalue weighted by atomic mass is 10.0. The molecule has 0 atom stereocenters. The zero-order chi connectivity index (χ0) is 17.3. The highest BCUT2D eigenvalue weighted by Gasteiger charge is 2.34. The van der Waals surface area contributed by atoms with Crippen LogP contribution in [-0.2, 0) is 16.0 Å². The number of nitrogens with zero attached hydrogens (tertiary/aromatic N) is 2. The molecule has 0 unspecified atom stereocenters. The van der Waals surface area contributed by atoms with E-state index < -0.39 is 0 Å². The van der Waals surface area contributed by atoms with Gasteiger partial charge in [0.1, 0.15) is 11.6 Å². The van der Waals surface area contributed by atoms with Crippen LogP contribution in [0.4, 0.5) is 4.39 Å². The van der Waals surface area contributed by atoms with Gasteiger partial charge < -0.3 is 14.1 Å². The predicted octanol–water partition coefficient (Wildman–Crippen LogP) is 2.97. The molecule has 0 aliphatic carbocycles. The minimum absolute atomic E-state index is 0.00496. The van der Waals surface area contributed by atoms with E-state index in [9.17, 15) is 9.18 Å². The summed E-state index contributed by atoms with van der Waals surface area (Å²) in [5, 5.41) is 0. The Morgan fingerprint density at radius 2 is 2.04 bits per heavy atom. The molecule has 5 nitrogen and oxygen atoms in total. The average Bonchev–Trinajstić information content (AvgIpc) is 2.88. The molecular weight excluding hydrogens is 311 g/mol. The van der Waals surface area contributed by atoms with Crippen molar-refractivity contribution < 1.29 is 18.3 Å². The maximum atomic E-state index is 13.0. The molecule has 0 saturated carbocycles. The van der Waals surface area contributed by atoms with Gasteiger partial charge in [-0.05, 0) is 45.0 Å². The van der Waals surface area contributed by atoms with Crippen molar-refractivity contribution in [3.63, 3.8) is 0 Å². The number of carbonyl (C=O) groups is 1. The summed E-state index contributed by atoms with van der Waals surface area (Å²) >= 11 is 0. The number of carbonyl (C=O) groups excluding carboxylic acids is 1. The maximum absolute atomic E-state index is 13.0. The Hall–Kier alpha value is -2.21. The van der Waals surface area contributed by atoms with Crippen LogP contribution < -0.4 is 0 Å². The number of oxazole rings is 1. The Morgan fingerprint density at radius 3 is 2.71 bits per heavy atom. The molecule has 24 heavy (non-hydrogen) atoms.